The molecule has 0 unspecified atom stereocenters. The van der Waals surface area contributed by atoms with Crippen molar-refractivity contribution in [2.75, 3.05) is 6.61 Å². The van der Waals surface area contributed by atoms with Gasteiger partial charge in [-0.2, -0.15) is 0 Å². The average molecular weight is 259 g/mol. The molecule has 1 rings (SSSR count). The largest absolute Gasteiger partial charge is 0.506 e. The molecule has 0 aliphatic carbocycles. The van der Waals surface area contributed by atoms with E-state index in [0.29, 0.717) is 5.56 Å². The van der Waals surface area contributed by atoms with Crippen molar-refractivity contribution < 1.29 is 10.2 Å². The first-order valence-electron chi connectivity index (χ1n) is 3.61. The van der Waals surface area contributed by atoms with Gasteiger partial charge in [0.25, 0.3) is 0 Å². The molecule has 0 fully saturated rings. The normalized spacial score (nSPS) is 12.0. The van der Waals surface area contributed by atoms with Crippen molar-refractivity contribution in [2.45, 2.75) is 6.04 Å². The van der Waals surface area contributed by atoms with Crippen molar-refractivity contribution in [1.29, 1.82) is 0 Å². The number of rotatable bonds is 2. The fraction of sp³-hybridized carbons (Fsp3) is 0.250. The molecule has 0 heterocycles. The van der Waals surface area contributed by atoms with Crippen LogP contribution in [0.3, 0.4) is 0 Å². The first-order chi connectivity index (χ1) is 6.07. The molecule has 1 aromatic rings. The summed E-state index contributed by atoms with van der Waals surface area (Å²) in [6.07, 6.45) is 0. The van der Waals surface area contributed by atoms with E-state index in [0.717, 1.165) is 0 Å². The van der Waals surface area contributed by atoms with Gasteiger partial charge in [0, 0.05) is 5.56 Å². The van der Waals surface area contributed by atoms with Crippen LogP contribution in [0.1, 0.15) is 11.6 Å². The van der Waals surface area contributed by atoms with E-state index in [4.69, 9.17) is 34.0 Å². The van der Waals surface area contributed by atoms with E-state index in [1.54, 1.807) is 0 Å². The van der Waals surface area contributed by atoms with Crippen LogP contribution in [0.5, 0.6) is 5.75 Å². The summed E-state index contributed by atoms with van der Waals surface area (Å²) < 4.78 is 0. The lowest BCUT2D eigenvalue weighted by Crippen LogP contribution is -2.14. The number of aliphatic hydroxyl groups is 1. The molecule has 0 amide bonds. The number of aromatic hydroxyl groups is 1. The highest BCUT2D eigenvalue weighted by atomic mass is 35.5. The first kappa shape index (κ1) is 13.8. The minimum Gasteiger partial charge on any atom is -0.506 e. The van der Waals surface area contributed by atoms with Gasteiger partial charge < -0.3 is 15.9 Å². The third-order valence-corrected chi connectivity index (χ3v) is 2.49. The van der Waals surface area contributed by atoms with Crippen LogP contribution in [0.4, 0.5) is 0 Å². The SMILES string of the molecule is Cl.N[C@H](CO)c1ccc(Cl)c(Cl)c1O. The Hall–Kier alpha value is -0.190. The summed E-state index contributed by atoms with van der Waals surface area (Å²) in [7, 11) is 0. The summed E-state index contributed by atoms with van der Waals surface area (Å²) in [6.45, 7) is -0.258. The summed E-state index contributed by atoms with van der Waals surface area (Å²) >= 11 is 11.3. The van der Waals surface area contributed by atoms with Gasteiger partial charge in [0.2, 0.25) is 0 Å². The second-order valence-corrected chi connectivity index (χ2v) is 3.37. The van der Waals surface area contributed by atoms with Gasteiger partial charge in [-0.05, 0) is 6.07 Å². The van der Waals surface area contributed by atoms with E-state index in [-0.39, 0.29) is 34.8 Å². The minimum absolute atomic E-state index is 0. The van der Waals surface area contributed by atoms with E-state index < -0.39 is 6.04 Å². The first-order valence-corrected chi connectivity index (χ1v) is 4.36. The lowest BCUT2D eigenvalue weighted by molar-refractivity contribution is 0.265. The Bertz CT molecular complexity index is 320. The fourth-order valence-corrected chi connectivity index (χ4v) is 1.28. The Kier molecular flexibility index (Phi) is 5.56. The molecule has 3 nitrogen and oxygen atoms in total. The van der Waals surface area contributed by atoms with Gasteiger partial charge in [-0.15, -0.1) is 12.4 Å². The number of halogens is 3. The van der Waals surface area contributed by atoms with Gasteiger partial charge in [0.1, 0.15) is 10.8 Å². The molecule has 0 aliphatic heterocycles. The highest BCUT2D eigenvalue weighted by molar-refractivity contribution is 6.43. The third-order valence-electron chi connectivity index (χ3n) is 1.70. The molecule has 1 aromatic carbocycles. The molecule has 14 heavy (non-hydrogen) atoms. The molecule has 4 N–H and O–H groups in total. The zero-order valence-corrected chi connectivity index (χ0v) is 9.40. The van der Waals surface area contributed by atoms with Crippen molar-refractivity contribution in [2.24, 2.45) is 5.73 Å². The monoisotopic (exact) mass is 257 g/mol. The molecule has 0 saturated carbocycles. The van der Waals surface area contributed by atoms with E-state index in [9.17, 15) is 5.11 Å². The Morgan fingerprint density at radius 1 is 1.36 bits per heavy atom. The highest BCUT2D eigenvalue weighted by Gasteiger charge is 2.14. The van der Waals surface area contributed by atoms with Crippen molar-refractivity contribution in [3.8, 4) is 5.75 Å². The quantitative estimate of drug-likeness (QED) is 0.761. The zero-order chi connectivity index (χ0) is 10.0. The maximum atomic E-state index is 9.47. The van der Waals surface area contributed by atoms with Crippen molar-refractivity contribution in [3.63, 3.8) is 0 Å². The van der Waals surface area contributed by atoms with Gasteiger partial charge in [-0.25, -0.2) is 0 Å². The molecule has 1 atom stereocenters. The van der Waals surface area contributed by atoms with Crippen LogP contribution in [-0.2, 0) is 0 Å². The van der Waals surface area contributed by atoms with Gasteiger partial charge in [-0.3, -0.25) is 0 Å². The van der Waals surface area contributed by atoms with E-state index >= 15 is 0 Å². The molecule has 80 valence electrons. The van der Waals surface area contributed by atoms with Gasteiger partial charge in [0.05, 0.1) is 17.7 Å². The van der Waals surface area contributed by atoms with E-state index in [1.165, 1.54) is 12.1 Å². The minimum atomic E-state index is -0.644. The number of phenols is 1. The second kappa shape index (κ2) is 5.63. The van der Waals surface area contributed by atoms with Crippen LogP contribution in [0.15, 0.2) is 12.1 Å². The zero-order valence-electron chi connectivity index (χ0n) is 7.08. The lowest BCUT2D eigenvalue weighted by atomic mass is 10.1. The predicted octanol–water partition coefficient (Wildman–Crippen LogP) is 2.11. The van der Waals surface area contributed by atoms with Crippen molar-refractivity contribution >= 4 is 35.6 Å². The summed E-state index contributed by atoms with van der Waals surface area (Å²) in [5.74, 6) is -0.171. The van der Waals surface area contributed by atoms with E-state index in [1.807, 2.05) is 0 Å². The molecule has 0 aliphatic rings. The van der Waals surface area contributed by atoms with Crippen LogP contribution >= 0.6 is 35.6 Å². The molecule has 0 aromatic heterocycles. The number of benzene rings is 1. The van der Waals surface area contributed by atoms with Crippen LogP contribution < -0.4 is 5.73 Å². The topological polar surface area (TPSA) is 66.5 Å². The summed E-state index contributed by atoms with van der Waals surface area (Å²) in [5.41, 5.74) is 5.89. The Morgan fingerprint density at radius 2 is 1.93 bits per heavy atom. The van der Waals surface area contributed by atoms with Crippen molar-refractivity contribution in [1.82, 2.24) is 0 Å². The average Bonchev–Trinajstić information content (AvgIpc) is 2.13. The van der Waals surface area contributed by atoms with Gasteiger partial charge in [0.15, 0.2) is 0 Å². The molecule has 6 heteroatoms. The number of aliphatic hydroxyl groups excluding tert-OH is 1. The standard InChI is InChI=1S/C8H9Cl2NO2.ClH/c9-5-2-1-4(6(11)3-12)8(13)7(5)10;/h1-2,6,12-13H,3,11H2;1H/t6-;/m1./s1. The second-order valence-electron chi connectivity index (χ2n) is 2.59. The van der Waals surface area contributed by atoms with Gasteiger partial charge in [-0.1, -0.05) is 29.3 Å². The number of nitrogens with two attached hydrogens (primary N) is 1. The lowest BCUT2D eigenvalue weighted by Gasteiger charge is -2.11. The van der Waals surface area contributed by atoms with Crippen molar-refractivity contribution in [3.05, 3.63) is 27.7 Å². The molecule has 0 bridgehead atoms. The number of hydrogen-bond donors (Lipinski definition) is 3. The summed E-state index contributed by atoms with van der Waals surface area (Å²) in [5, 5.41) is 18.5. The molecule has 0 saturated heterocycles. The molecular formula is C8H10Cl3NO2. The van der Waals surface area contributed by atoms with Crippen LogP contribution in [-0.4, -0.2) is 16.8 Å². The summed E-state index contributed by atoms with van der Waals surface area (Å²) in [4.78, 5) is 0. The van der Waals surface area contributed by atoms with Crippen LogP contribution in [0.2, 0.25) is 10.0 Å². The fourth-order valence-electron chi connectivity index (χ4n) is 0.952. The molecule has 0 radical (unpaired) electrons. The Morgan fingerprint density at radius 3 is 2.43 bits per heavy atom. The highest BCUT2D eigenvalue weighted by Crippen LogP contribution is 2.36. The smallest absolute Gasteiger partial charge is 0.140 e. The number of hydrogen-bond acceptors (Lipinski definition) is 3. The Labute approximate surface area is 97.8 Å². The predicted molar refractivity (Wildman–Crippen MR) is 59.4 cm³/mol. The third kappa shape index (κ3) is 2.65. The van der Waals surface area contributed by atoms with Gasteiger partial charge >= 0.3 is 0 Å². The maximum Gasteiger partial charge on any atom is 0.140 e. The number of phenolic OH excluding ortho intramolecular Hbond substituents is 1. The molecular weight excluding hydrogens is 248 g/mol. The Balaban J connectivity index is 0.00000169. The molecule has 0 spiro atoms. The van der Waals surface area contributed by atoms with E-state index in [2.05, 4.69) is 0 Å². The maximum absolute atomic E-state index is 9.47. The summed E-state index contributed by atoms with van der Waals surface area (Å²) in [6, 6.07) is 2.41. The van der Waals surface area contributed by atoms with Crippen LogP contribution in [0.25, 0.3) is 0 Å². The van der Waals surface area contributed by atoms with Crippen LogP contribution in [0, 0.1) is 0 Å².